The van der Waals surface area contributed by atoms with Crippen LogP contribution in [0.5, 0.6) is 5.75 Å². The van der Waals surface area contributed by atoms with Gasteiger partial charge in [0.05, 0.1) is 17.1 Å². The summed E-state index contributed by atoms with van der Waals surface area (Å²) in [4.78, 5) is 12.9. The van der Waals surface area contributed by atoms with Crippen LogP contribution in [0.2, 0.25) is 0 Å². The number of carbonyl (C=O) groups excluding carboxylic acids is 1. The van der Waals surface area contributed by atoms with Crippen LogP contribution in [0.4, 0.5) is 11.4 Å². The van der Waals surface area contributed by atoms with Gasteiger partial charge in [-0.15, -0.1) is 0 Å². The molecule has 3 aromatic carbocycles. The van der Waals surface area contributed by atoms with Crippen LogP contribution in [0, 0.1) is 19.8 Å². The van der Waals surface area contributed by atoms with Crippen molar-refractivity contribution >= 4 is 27.3 Å². The van der Waals surface area contributed by atoms with Gasteiger partial charge in [0.1, 0.15) is 5.75 Å². The van der Waals surface area contributed by atoms with E-state index >= 15 is 0 Å². The molecule has 0 aliphatic carbocycles. The Morgan fingerprint density at radius 1 is 0.909 bits per heavy atom. The first kappa shape index (κ1) is 24.3. The fraction of sp³-hybridized carbons (Fsp3) is 0.269. The Morgan fingerprint density at radius 3 is 2.24 bits per heavy atom. The Bertz CT molecular complexity index is 1220. The maximum absolute atomic E-state index is 12.8. The number of nitrogens with one attached hydrogen (secondary N) is 2. The van der Waals surface area contributed by atoms with E-state index in [9.17, 15) is 13.2 Å². The highest BCUT2D eigenvalue weighted by atomic mass is 32.2. The molecule has 0 saturated heterocycles. The number of para-hydroxylation sites is 1. The minimum atomic E-state index is -3.75. The molecule has 1 amide bonds. The highest BCUT2D eigenvalue weighted by Gasteiger charge is 2.16. The van der Waals surface area contributed by atoms with E-state index in [2.05, 4.69) is 23.9 Å². The largest absolute Gasteiger partial charge is 0.493 e. The second kappa shape index (κ2) is 10.5. The van der Waals surface area contributed by atoms with E-state index in [1.165, 1.54) is 12.1 Å². The molecule has 33 heavy (non-hydrogen) atoms. The summed E-state index contributed by atoms with van der Waals surface area (Å²) in [5, 5.41) is 2.81. The van der Waals surface area contributed by atoms with E-state index in [1.54, 1.807) is 42.5 Å². The molecule has 2 N–H and O–H groups in total. The number of benzene rings is 3. The van der Waals surface area contributed by atoms with E-state index in [1.807, 2.05) is 26.0 Å². The molecule has 7 heteroatoms. The zero-order chi connectivity index (χ0) is 24.0. The maximum Gasteiger partial charge on any atom is 0.261 e. The van der Waals surface area contributed by atoms with Crippen molar-refractivity contribution in [2.24, 2.45) is 5.92 Å². The van der Waals surface area contributed by atoms with Gasteiger partial charge in [-0.3, -0.25) is 9.52 Å². The molecule has 0 atom stereocenters. The molecule has 0 aliphatic rings. The van der Waals surface area contributed by atoms with Gasteiger partial charge in [-0.1, -0.05) is 32.0 Å². The van der Waals surface area contributed by atoms with Gasteiger partial charge >= 0.3 is 0 Å². The number of amides is 1. The fourth-order valence-corrected chi connectivity index (χ4v) is 4.17. The third kappa shape index (κ3) is 6.58. The van der Waals surface area contributed by atoms with Gasteiger partial charge in [-0.05, 0) is 85.8 Å². The molecule has 174 valence electrons. The van der Waals surface area contributed by atoms with Crippen molar-refractivity contribution in [3.05, 3.63) is 83.4 Å². The Kier molecular flexibility index (Phi) is 7.76. The van der Waals surface area contributed by atoms with Crippen LogP contribution in [0.3, 0.4) is 0 Å². The summed E-state index contributed by atoms with van der Waals surface area (Å²) in [6.45, 7) is 8.66. The zero-order valence-electron chi connectivity index (χ0n) is 19.4. The number of hydrogen-bond donors (Lipinski definition) is 2. The summed E-state index contributed by atoms with van der Waals surface area (Å²) in [7, 11) is -3.75. The average Bonchev–Trinajstić information content (AvgIpc) is 2.76. The number of ether oxygens (including phenoxy) is 1. The minimum absolute atomic E-state index is 0.108. The molecule has 0 saturated carbocycles. The molecule has 0 heterocycles. The van der Waals surface area contributed by atoms with Gasteiger partial charge in [0.2, 0.25) is 0 Å². The van der Waals surface area contributed by atoms with Crippen molar-refractivity contribution in [1.29, 1.82) is 0 Å². The highest BCUT2D eigenvalue weighted by molar-refractivity contribution is 7.92. The molecule has 3 aromatic rings. The van der Waals surface area contributed by atoms with E-state index in [4.69, 9.17) is 4.74 Å². The van der Waals surface area contributed by atoms with E-state index < -0.39 is 10.0 Å². The van der Waals surface area contributed by atoms with E-state index in [0.29, 0.717) is 35.2 Å². The van der Waals surface area contributed by atoms with Gasteiger partial charge in [0.15, 0.2) is 0 Å². The number of sulfonamides is 1. The van der Waals surface area contributed by atoms with Crippen LogP contribution in [0.25, 0.3) is 0 Å². The van der Waals surface area contributed by atoms with Crippen molar-refractivity contribution in [2.75, 3.05) is 16.6 Å². The first-order valence-electron chi connectivity index (χ1n) is 10.9. The second-order valence-corrected chi connectivity index (χ2v) is 10.1. The SMILES string of the molecule is Cc1ccc(NS(=O)(=O)c2ccc(NC(=O)c3ccccc3OCCC(C)C)cc2)cc1C. The molecule has 3 rings (SSSR count). The predicted octanol–water partition coefficient (Wildman–Crippen LogP) is 5.78. The molecule has 0 bridgehead atoms. The maximum atomic E-state index is 12.8. The van der Waals surface area contributed by atoms with Gasteiger partial charge in [-0.2, -0.15) is 0 Å². The van der Waals surface area contributed by atoms with Crippen molar-refractivity contribution in [1.82, 2.24) is 0 Å². The molecule has 0 aromatic heterocycles. The third-order valence-corrected chi connectivity index (χ3v) is 6.66. The Morgan fingerprint density at radius 2 is 1.58 bits per heavy atom. The predicted molar refractivity (Wildman–Crippen MR) is 133 cm³/mol. The molecular formula is C26H30N2O4S. The number of anilines is 2. The molecule has 0 unspecified atom stereocenters. The van der Waals surface area contributed by atoms with Crippen molar-refractivity contribution in [2.45, 2.75) is 39.0 Å². The Balaban J connectivity index is 1.69. The number of carbonyl (C=O) groups is 1. The van der Waals surface area contributed by atoms with Crippen LogP contribution in [-0.4, -0.2) is 20.9 Å². The third-order valence-electron chi connectivity index (χ3n) is 5.27. The van der Waals surface area contributed by atoms with Crippen molar-refractivity contribution < 1.29 is 17.9 Å². The van der Waals surface area contributed by atoms with Crippen molar-refractivity contribution in [3.63, 3.8) is 0 Å². The van der Waals surface area contributed by atoms with Gasteiger partial charge in [0, 0.05) is 11.4 Å². The lowest BCUT2D eigenvalue weighted by molar-refractivity contribution is 0.102. The first-order valence-corrected chi connectivity index (χ1v) is 12.4. The zero-order valence-corrected chi connectivity index (χ0v) is 20.2. The van der Waals surface area contributed by atoms with Gasteiger partial charge < -0.3 is 10.1 Å². The topological polar surface area (TPSA) is 84.5 Å². The molecule has 0 aliphatic heterocycles. The second-order valence-electron chi connectivity index (χ2n) is 8.41. The van der Waals surface area contributed by atoms with Crippen molar-refractivity contribution in [3.8, 4) is 5.75 Å². The molecule has 0 spiro atoms. The molecular weight excluding hydrogens is 436 g/mol. The molecule has 6 nitrogen and oxygen atoms in total. The average molecular weight is 467 g/mol. The summed E-state index contributed by atoms with van der Waals surface area (Å²) >= 11 is 0. The summed E-state index contributed by atoms with van der Waals surface area (Å²) in [5.74, 6) is 0.705. The van der Waals surface area contributed by atoms with Crippen LogP contribution < -0.4 is 14.8 Å². The summed E-state index contributed by atoms with van der Waals surface area (Å²) < 4.78 is 33.8. The van der Waals surface area contributed by atoms with Crippen LogP contribution in [-0.2, 0) is 10.0 Å². The van der Waals surface area contributed by atoms with Crippen LogP contribution in [0.15, 0.2) is 71.6 Å². The highest BCUT2D eigenvalue weighted by Crippen LogP contribution is 2.23. The van der Waals surface area contributed by atoms with Crippen LogP contribution >= 0.6 is 0 Å². The summed E-state index contributed by atoms with van der Waals surface area (Å²) in [5.41, 5.74) is 3.51. The normalized spacial score (nSPS) is 11.3. The summed E-state index contributed by atoms with van der Waals surface area (Å²) in [6.07, 6.45) is 0.891. The number of rotatable bonds is 9. The van der Waals surface area contributed by atoms with E-state index in [0.717, 1.165) is 17.5 Å². The number of hydrogen-bond acceptors (Lipinski definition) is 4. The smallest absolute Gasteiger partial charge is 0.261 e. The summed E-state index contributed by atoms with van der Waals surface area (Å²) in [6, 6.07) is 18.5. The lowest BCUT2D eigenvalue weighted by Gasteiger charge is -2.13. The van der Waals surface area contributed by atoms with Gasteiger partial charge in [0.25, 0.3) is 15.9 Å². The molecule has 0 radical (unpaired) electrons. The first-order chi connectivity index (χ1) is 15.7. The standard InChI is InChI=1S/C26H30N2O4S/c1-18(2)15-16-32-25-8-6-5-7-24(25)26(29)27-21-11-13-23(14-12-21)33(30,31)28-22-10-9-19(3)20(4)17-22/h5-14,17-18,28H,15-16H2,1-4H3,(H,27,29). The number of aryl methyl sites for hydroxylation is 2. The fourth-order valence-electron chi connectivity index (χ4n) is 3.12. The Labute approximate surface area is 196 Å². The van der Waals surface area contributed by atoms with Crippen LogP contribution in [0.1, 0.15) is 41.8 Å². The lowest BCUT2D eigenvalue weighted by Crippen LogP contribution is -2.15. The van der Waals surface area contributed by atoms with E-state index in [-0.39, 0.29) is 10.8 Å². The lowest BCUT2D eigenvalue weighted by atomic mass is 10.1. The Hall–Kier alpha value is -3.32. The monoisotopic (exact) mass is 466 g/mol. The molecule has 0 fully saturated rings. The van der Waals surface area contributed by atoms with Gasteiger partial charge in [-0.25, -0.2) is 8.42 Å². The quantitative estimate of drug-likeness (QED) is 0.419. The minimum Gasteiger partial charge on any atom is -0.493 e.